The topological polar surface area (TPSA) is 49.7 Å². The van der Waals surface area contributed by atoms with Crippen molar-refractivity contribution in [2.24, 2.45) is 4.99 Å². The number of anilines is 1. The van der Waals surface area contributed by atoms with Crippen LogP contribution in [0.1, 0.15) is 16.7 Å². The van der Waals surface area contributed by atoms with Crippen molar-refractivity contribution < 1.29 is 8.42 Å². The lowest BCUT2D eigenvalue weighted by Gasteiger charge is -2.26. The number of nitrogens with zero attached hydrogens (tertiary/aromatic N) is 2. The number of aryl methyl sites for hydroxylation is 2. The Bertz CT molecular complexity index is 952. The minimum absolute atomic E-state index is 0.0814. The molecule has 0 aromatic heterocycles. The van der Waals surface area contributed by atoms with Gasteiger partial charge in [-0.15, -0.1) is 0 Å². The van der Waals surface area contributed by atoms with Gasteiger partial charge in [-0.25, -0.2) is 8.42 Å². The summed E-state index contributed by atoms with van der Waals surface area (Å²) in [5, 5.41) is 0.932. The molecule has 6 heteroatoms. The fourth-order valence-electron chi connectivity index (χ4n) is 3.55. The van der Waals surface area contributed by atoms with Gasteiger partial charge in [0.05, 0.1) is 23.6 Å². The van der Waals surface area contributed by atoms with Crippen molar-refractivity contribution >= 4 is 32.5 Å². The highest BCUT2D eigenvalue weighted by Gasteiger charge is 2.47. The van der Waals surface area contributed by atoms with Crippen molar-refractivity contribution in [1.82, 2.24) is 0 Å². The zero-order chi connectivity index (χ0) is 18.3. The van der Waals surface area contributed by atoms with E-state index in [2.05, 4.69) is 61.2 Å². The molecule has 2 aliphatic heterocycles. The molecule has 1 saturated heterocycles. The molecule has 0 unspecified atom stereocenters. The molecule has 0 bridgehead atoms. The smallest absolute Gasteiger partial charge is 0.164 e. The molecule has 2 atom stereocenters. The summed E-state index contributed by atoms with van der Waals surface area (Å²) in [4.78, 5) is 6.93. The van der Waals surface area contributed by atoms with E-state index in [0.29, 0.717) is 0 Å². The molecule has 1 fully saturated rings. The molecule has 0 amide bonds. The average molecular weight is 387 g/mol. The van der Waals surface area contributed by atoms with Gasteiger partial charge in [0, 0.05) is 11.4 Å². The lowest BCUT2D eigenvalue weighted by Crippen LogP contribution is -2.39. The van der Waals surface area contributed by atoms with Crippen LogP contribution in [0.4, 0.5) is 5.69 Å². The molecular weight excluding hydrogens is 364 g/mol. The summed E-state index contributed by atoms with van der Waals surface area (Å²) in [6.07, 6.45) is 0. The predicted octanol–water partition coefficient (Wildman–Crippen LogP) is 3.58. The SMILES string of the molecule is Cc1ccc(N2C(SCc3ccccc3C)=N[C@H]3CS(=O)(=O)C[C@@H]32)cc1. The van der Waals surface area contributed by atoms with Crippen LogP contribution in [-0.4, -0.2) is 37.2 Å². The number of thioether (sulfide) groups is 1. The molecule has 136 valence electrons. The third-order valence-electron chi connectivity index (χ3n) is 5.04. The number of rotatable bonds is 3. The average Bonchev–Trinajstić information content (AvgIpc) is 3.06. The minimum Gasteiger partial charge on any atom is -0.315 e. The summed E-state index contributed by atoms with van der Waals surface area (Å²) in [6, 6.07) is 16.4. The summed E-state index contributed by atoms with van der Waals surface area (Å²) < 4.78 is 24.2. The molecule has 0 saturated carbocycles. The second kappa shape index (κ2) is 6.74. The summed E-state index contributed by atoms with van der Waals surface area (Å²) in [7, 11) is -3.01. The van der Waals surface area contributed by atoms with Crippen molar-refractivity contribution in [3.63, 3.8) is 0 Å². The first-order valence-corrected chi connectivity index (χ1v) is 11.5. The van der Waals surface area contributed by atoms with E-state index >= 15 is 0 Å². The van der Waals surface area contributed by atoms with Crippen LogP contribution in [0, 0.1) is 13.8 Å². The van der Waals surface area contributed by atoms with E-state index in [4.69, 9.17) is 4.99 Å². The quantitative estimate of drug-likeness (QED) is 0.809. The number of sulfone groups is 1. The van der Waals surface area contributed by atoms with E-state index in [1.165, 1.54) is 16.7 Å². The van der Waals surface area contributed by atoms with E-state index in [9.17, 15) is 8.42 Å². The van der Waals surface area contributed by atoms with Gasteiger partial charge in [0.1, 0.15) is 0 Å². The van der Waals surface area contributed by atoms with Crippen LogP contribution in [0.25, 0.3) is 0 Å². The number of fused-ring (bicyclic) bond motifs is 1. The molecule has 2 aliphatic rings. The first-order chi connectivity index (χ1) is 12.4. The maximum Gasteiger partial charge on any atom is 0.164 e. The molecule has 4 rings (SSSR count). The van der Waals surface area contributed by atoms with Crippen molar-refractivity contribution in [2.75, 3.05) is 16.4 Å². The van der Waals surface area contributed by atoms with E-state index in [0.717, 1.165) is 16.6 Å². The molecule has 26 heavy (non-hydrogen) atoms. The Kier molecular flexibility index (Phi) is 4.57. The maximum absolute atomic E-state index is 12.1. The molecule has 2 aromatic rings. The minimum atomic E-state index is -3.01. The van der Waals surface area contributed by atoms with Crippen LogP contribution in [0.5, 0.6) is 0 Å². The van der Waals surface area contributed by atoms with Gasteiger partial charge in [0.15, 0.2) is 15.0 Å². The zero-order valence-electron chi connectivity index (χ0n) is 14.9. The van der Waals surface area contributed by atoms with Gasteiger partial charge in [-0.05, 0) is 37.1 Å². The summed E-state index contributed by atoms with van der Waals surface area (Å²) in [5.41, 5.74) is 4.77. The second-order valence-electron chi connectivity index (χ2n) is 7.04. The van der Waals surface area contributed by atoms with Crippen molar-refractivity contribution in [3.05, 3.63) is 65.2 Å². The number of benzene rings is 2. The fourth-order valence-corrected chi connectivity index (χ4v) is 6.60. The predicted molar refractivity (Wildman–Crippen MR) is 110 cm³/mol. The number of aliphatic imine (C=N–C) groups is 1. The van der Waals surface area contributed by atoms with Crippen LogP contribution >= 0.6 is 11.8 Å². The zero-order valence-corrected chi connectivity index (χ0v) is 16.6. The summed E-state index contributed by atoms with van der Waals surface area (Å²) >= 11 is 1.70. The van der Waals surface area contributed by atoms with E-state index < -0.39 is 9.84 Å². The molecule has 0 spiro atoms. The molecule has 0 N–H and O–H groups in total. The van der Waals surface area contributed by atoms with Gasteiger partial charge < -0.3 is 4.90 Å². The monoisotopic (exact) mass is 386 g/mol. The molecule has 0 aliphatic carbocycles. The lowest BCUT2D eigenvalue weighted by atomic mass is 10.1. The second-order valence-corrected chi connectivity index (χ2v) is 10.1. The summed E-state index contributed by atoms with van der Waals surface area (Å²) in [5.74, 6) is 1.18. The highest BCUT2D eigenvalue weighted by Crippen LogP contribution is 2.36. The van der Waals surface area contributed by atoms with Gasteiger partial charge >= 0.3 is 0 Å². The van der Waals surface area contributed by atoms with Gasteiger partial charge in [-0.1, -0.05) is 53.7 Å². The molecule has 2 aromatic carbocycles. The van der Waals surface area contributed by atoms with Gasteiger partial charge in [-0.3, -0.25) is 4.99 Å². The van der Waals surface area contributed by atoms with Crippen molar-refractivity contribution in [1.29, 1.82) is 0 Å². The first-order valence-electron chi connectivity index (χ1n) is 8.74. The van der Waals surface area contributed by atoms with Crippen molar-refractivity contribution in [2.45, 2.75) is 31.7 Å². The molecule has 2 heterocycles. The molecule has 0 radical (unpaired) electrons. The first kappa shape index (κ1) is 17.6. The third kappa shape index (κ3) is 3.40. The highest BCUT2D eigenvalue weighted by atomic mass is 32.2. The Morgan fingerprint density at radius 3 is 2.54 bits per heavy atom. The Hall–Kier alpha value is -1.79. The standard InChI is InChI=1S/C20H22N2O2S2/c1-14-7-9-17(10-8-14)22-19-13-26(23,24)12-18(19)21-20(22)25-11-16-6-4-3-5-15(16)2/h3-10,18-19H,11-13H2,1-2H3/t18-,19-/m0/s1. The third-order valence-corrected chi connectivity index (χ3v) is 7.75. The number of hydrogen-bond donors (Lipinski definition) is 0. The van der Waals surface area contributed by atoms with Crippen LogP contribution in [-0.2, 0) is 15.6 Å². The normalized spacial score (nSPS) is 23.8. The molecule has 4 nitrogen and oxygen atoms in total. The van der Waals surface area contributed by atoms with Gasteiger partial charge in [0.25, 0.3) is 0 Å². The number of amidine groups is 1. The maximum atomic E-state index is 12.1. The van der Waals surface area contributed by atoms with Crippen molar-refractivity contribution in [3.8, 4) is 0 Å². The van der Waals surface area contributed by atoms with Gasteiger partial charge in [0.2, 0.25) is 0 Å². The van der Waals surface area contributed by atoms with Crippen LogP contribution in [0.3, 0.4) is 0 Å². The Morgan fingerprint density at radius 2 is 1.81 bits per heavy atom. The van der Waals surface area contributed by atoms with Crippen LogP contribution < -0.4 is 4.90 Å². The fraction of sp³-hybridized carbons (Fsp3) is 0.350. The van der Waals surface area contributed by atoms with E-state index in [-0.39, 0.29) is 23.6 Å². The number of hydrogen-bond acceptors (Lipinski definition) is 5. The Labute approximate surface area is 159 Å². The van der Waals surface area contributed by atoms with E-state index in [1.807, 2.05) is 6.07 Å². The molecular formula is C20H22N2O2S2. The van der Waals surface area contributed by atoms with Crippen LogP contribution in [0.15, 0.2) is 53.5 Å². The van der Waals surface area contributed by atoms with Gasteiger partial charge in [-0.2, -0.15) is 0 Å². The summed E-state index contributed by atoms with van der Waals surface area (Å²) in [6.45, 7) is 4.17. The van der Waals surface area contributed by atoms with Crippen LogP contribution in [0.2, 0.25) is 0 Å². The Balaban J connectivity index is 1.63. The Morgan fingerprint density at radius 1 is 1.08 bits per heavy atom. The largest absolute Gasteiger partial charge is 0.315 e. The van der Waals surface area contributed by atoms with E-state index in [1.54, 1.807) is 11.8 Å². The highest BCUT2D eigenvalue weighted by molar-refractivity contribution is 8.13. The lowest BCUT2D eigenvalue weighted by molar-refractivity contribution is 0.601.